The fourth-order valence-electron chi connectivity index (χ4n) is 2.69. The number of benzene rings is 1. The van der Waals surface area contributed by atoms with Gasteiger partial charge in [0.1, 0.15) is 11.6 Å². The molecule has 3 rings (SSSR count). The van der Waals surface area contributed by atoms with Crippen LogP contribution in [0.3, 0.4) is 0 Å². The van der Waals surface area contributed by atoms with E-state index in [0.29, 0.717) is 0 Å². The predicted octanol–water partition coefficient (Wildman–Crippen LogP) is 2.48. The van der Waals surface area contributed by atoms with Gasteiger partial charge in [0, 0.05) is 31.7 Å². The SMILES string of the molecule is COc1ccc(-c2cccc(N3CCNCC3)n2)cc1C. The molecule has 1 N–H and O–H groups in total. The van der Waals surface area contributed by atoms with Crippen LogP contribution in [0.15, 0.2) is 36.4 Å². The topological polar surface area (TPSA) is 37.4 Å². The monoisotopic (exact) mass is 283 g/mol. The van der Waals surface area contributed by atoms with E-state index in [1.807, 2.05) is 6.07 Å². The molecule has 0 aliphatic carbocycles. The Morgan fingerprint density at radius 3 is 2.67 bits per heavy atom. The number of pyridine rings is 1. The highest BCUT2D eigenvalue weighted by molar-refractivity contribution is 5.64. The third-order valence-electron chi connectivity index (χ3n) is 3.87. The highest BCUT2D eigenvalue weighted by Gasteiger charge is 2.12. The highest BCUT2D eigenvalue weighted by Crippen LogP contribution is 2.26. The number of hydrogen-bond donors (Lipinski definition) is 1. The van der Waals surface area contributed by atoms with Gasteiger partial charge < -0.3 is 15.0 Å². The van der Waals surface area contributed by atoms with E-state index in [0.717, 1.165) is 54.6 Å². The van der Waals surface area contributed by atoms with E-state index in [2.05, 4.69) is 47.5 Å². The van der Waals surface area contributed by atoms with Crippen molar-refractivity contribution in [1.29, 1.82) is 0 Å². The summed E-state index contributed by atoms with van der Waals surface area (Å²) < 4.78 is 5.32. The largest absolute Gasteiger partial charge is 0.496 e. The Bertz CT molecular complexity index is 621. The first kappa shape index (κ1) is 13.9. The summed E-state index contributed by atoms with van der Waals surface area (Å²) in [5.74, 6) is 1.97. The molecule has 21 heavy (non-hydrogen) atoms. The van der Waals surface area contributed by atoms with Gasteiger partial charge in [-0.2, -0.15) is 0 Å². The minimum atomic E-state index is 0.914. The van der Waals surface area contributed by atoms with Crippen LogP contribution in [0.1, 0.15) is 5.56 Å². The van der Waals surface area contributed by atoms with Gasteiger partial charge in [-0.3, -0.25) is 0 Å². The third kappa shape index (κ3) is 3.00. The Morgan fingerprint density at radius 2 is 1.95 bits per heavy atom. The lowest BCUT2D eigenvalue weighted by Crippen LogP contribution is -2.43. The molecule has 2 aromatic rings. The van der Waals surface area contributed by atoms with Crippen LogP contribution in [-0.2, 0) is 0 Å². The molecule has 0 radical (unpaired) electrons. The number of aryl methyl sites for hydroxylation is 1. The quantitative estimate of drug-likeness (QED) is 0.939. The van der Waals surface area contributed by atoms with E-state index in [9.17, 15) is 0 Å². The van der Waals surface area contributed by atoms with E-state index in [4.69, 9.17) is 9.72 Å². The van der Waals surface area contributed by atoms with Gasteiger partial charge in [-0.1, -0.05) is 6.07 Å². The second kappa shape index (κ2) is 6.14. The summed E-state index contributed by atoms with van der Waals surface area (Å²) in [6, 6.07) is 12.4. The Hall–Kier alpha value is -2.07. The summed E-state index contributed by atoms with van der Waals surface area (Å²) in [4.78, 5) is 7.15. The Labute approximate surface area is 125 Å². The lowest BCUT2D eigenvalue weighted by molar-refractivity contribution is 0.412. The molecular formula is C17H21N3O. The second-order valence-electron chi connectivity index (χ2n) is 5.30. The second-order valence-corrected chi connectivity index (χ2v) is 5.30. The molecule has 0 bridgehead atoms. The van der Waals surface area contributed by atoms with Gasteiger partial charge in [-0.05, 0) is 42.8 Å². The molecule has 110 valence electrons. The smallest absolute Gasteiger partial charge is 0.129 e. The van der Waals surface area contributed by atoms with Crippen LogP contribution in [0.4, 0.5) is 5.82 Å². The van der Waals surface area contributed by atoms with Crippen LogP contribution >= 0.6 is 0 Å². The van der Waals surface area contributed by atoms with Gasteiger partial charge in [0.25, 0.3) is 0 Å². The molecule has 0 atom stereocenters. The minimum Gasteiger partial charge on any atom is -0.496 e. The molecule has 0 saturated carbocycles. The number of nitrogens with one attached hydrogen (secondary N) is 1. The third-order valence-corrected chi connectivity index (χ3v) is 3.87. The van der Waals surface area contributed by atoms with E-state index >= 15 is 0 Å². The maximum atomic E-state index is 5.32. The zero-order valence-corrected chi connectivity index (χ0v) is 12.6. The lowest BCUT2D eigenvalue weighted by atomic mass is 10.1. The number of rotatable bonds is 3. The van der Waals surface area contributed by atoms with E-state index in [1.54, 1.807) is 7.11 Å². The van der Waals surface area contributed by atoms with Crippen molar-refractivity contribution in [2.24, 2.45) is 0 Å². The van der Waals surface area contributed by atoms with Crippen molar-refractivity contribution in [3.05, 3.63) is 42.0 Å². The summed E-state index contributed by atoms with van der Waals surface area (Å²) in [5, 5.41) is 3.37. The van der Waals surface area contributed by atoms with Crippen molar-refractivity contribution in [3.8, 4) is 17.0 Å². The summed E-state index contributed by atoms with van der Waals surface area (Å²) >= 11 is 0. The van der Waals surface area contributed by atoms with Crippen LogP contribution in [0.5, 0.6) is 5.75 Å². The van der Waals surface area contributed by atoms with Gasteiger partial charge in [0.2, 0.25) is 0 Å². The molecule has 4 nitrogen and oxygen atoms in total. The van der Waals surface area contributed by atoms with Gasteiger partial charge >= 0.3 is 0 Å². The zero-order chi connectivity index (χ0) is 14.7. The number of nitrogens with zero attached hydrogens (tertiary/aromatic N) is 2. The number of hydrogen-bond acceptors (Lipinski definition) is 4. The Kier molecular flexibility index (Phi) is 4.06. The average molecular weight is 283 g/mol. The van der Waals surface area contributed by atoms with Gasteiger partial charge in [0.05, 0.1) is 12.8 Å². The van der Waals surface area contributed by atoms with E-state index in [1.165, 1.54) is 0 Å². The standard InChI is InChI=1S/C17H21N3O/c1-13-12-14(6-7-16(13)21-2)15-4-3-5-17(19-15)20-10-8-18-9-11-20/h3-7,12,18H,8-11H2,1-2H3. The molecule has 1 aliphatic heterocycles. The lowest BCUT2D eigenvalue weighted by Gasteiger charge is -2.28. The number of anilines is 1. The van der Waals surface area contributed by atoms with Crippen LogP contribution in [0.25, 0.3) is 11.3 Å². The van der Waals surface area contributed by atoms with Crippen LogP contribution in [0.2, 0.25) is 0 Å². The van der Waals surface area contributed by atoms with Crippen molar-refractivity contribution >= 4 is 5.82 Å². The van der Waals surface area contributed by atoms with Crippen molar-refractivity contribution in [1.82, 2.24) is 10.3 Å². The van der Waals surface area contributed by atoms with Crippen molar-refractivity contribution < 1.29 is 4.74 Å². The molecule has 2 heterocycles. The molecule has 0 unspecified atom stereocenters. The van der Waals surface area contributed by atoms with Gasteiger partial charge in [-0.15, -0.1) is 0 Å². The first-order valence-electron chi connectivity index (χ1n) is 7.35. The molecule has 4 heteroatoms. The Morgan fingerprint density at radius 1 is 1.14 bits per heavy atom. The summed E-state index contributed by atoms with van der Waals surface area (Å²) in [7, 11) is 1.70. The molecule has 1 aromatic carbocycles. The fraction of sp³-hybridized carbons (Fsp3) is 0.353. The minimum absolute atomic E-state index is 0.914. The average Bonchev–Trinajstić information content (AvgIpc) is 2.56. The molecule has 1 aromatic heterocycles. The summed E-state index contributed by atoms with van der Waals surface area (Å²) in [6.07, 6.45) is 0. The first-order valence-corrected chi connectivity index (χ1v) is 7.35. The molecule has 0 spiro atoms. The first-order chi connectivity index (χ1) is 10.3. The molecule has 1 saturated heterocycles. The number of methoxy groups -OCH3 is 1. The molecule has 1 aliphatic rings. The van der Waals surface area contributed by atoms with Crippen LogP contribution < -0.4 is 15.0 Å². The zero-order valence-electron chi connectivity index (χ0n) is 12.6. The van der Waals surface area contributed by atoms with Gasteiger partial charge in [0.15, 0.2) is 0 Å². The fourth-order valence-corrected chi connectivity index (χ4v) is 2.69. The Balaban J connectivity index is 1.90. The summed E-state index contributed by atoms with van der Waals surface area (Å²) in [6.45, 7) is 6.12. The normalized spacial score (nSPS) is 15.0. The molecule has 1 fully saturated rings. The maximum absolute atomic E-state index is 5.32. The van der Waals surface area contributed by atoms with Crippen molar-refractivity contribution in [2.75, 3.05) is 38.2 Å². The van der Waals surface area contributed by atoms with Gasteiger partial charge in [-0.25, -0.2) is 4.98 Å². The van der Waals surface area contributed by atoms with Crippen LogP contribution in [0, 0.1) is 6.92 Å². The highest BCUT2D eigenvalue weighted by atomic mass is 16.5. The van der Waals surface area contributed by atoms with Crippen LogP contribution in [-0.4, -0.2) is 38.3 Å². The number of piperazine rings is 1. The predicted molar refractivity (Wildman–Crippen MR) is 86.0 cm³/mol. The maximum Gasteiger partial charge on any atom is 0.129 e. The molecule has 0 amide bonds. The number of aromatic nitrogens is 1. The van der Waals surface area contributed by atoms with Crippen molar-refractivity contribution in [2.45, 2.75) is 6.92 Å². The van der Waals surface area contributed by atoms with Crippen molar-refractivity contribution in [3.63, 3.8) is 0 Å². The van der Waals surface area contributed by atoms with E-state index < -0.39 is 0 Å². The number of ether oxygens (including phenoxy) is 1. The van der Waals surface area contributed by atoms with E-state index in [-0.39, 0.29) is 0 Å². The molecular weight excluding hydrogens is 262 g/mol. The summed E-state index contributed by atoms with van der Waals surface area (Å²) in [5.41, 5.74) is 3.27.